The number of ether oxygens (including phenoxy) is 1. The molecule has 24 heavy (non-hydrogen) atoms. The zero-order chi connectivity index (χ0) is 16.9. The second kappa shape index (κ2) is 7.04. The number of para-hydroxylation sites is 1. The third-order valence-electron chi connectivity index (χ3n) is 4.03. The Labute approximate surface area is 141 Å². The Morgan fingerprint density at radius 2 is 1.71 bits per heavy atom. The molecule has 0 aliphatic rings. The van der Waals surface area contributed by atoms with Gasteiger partial charge in [0.15, 0.2) is 0 Å². The van der Waals surface area contributed by atoms with Gasteiger partial charge in [0, 0.05) is 23.5 Å². The lowest BCUT2D eigenvalue weighted by Crippen LogP contribution is -2.26. The monoisotopic (exact) mass is 320 g/mol. The lowest BCUT2D eigenvalue weighted by Gasteiger charge is -2.15. The van der Waals surface area contributed by atoms with Crippen LogP contribution in [0, 0.1) is 0 Å². The largest absolute Gasteiger partial charge is 0.496 e. The lowest BCUT2D eigenvalue weighted by molar-refractivity contribution is 0.0940. The van der Waals surface area contributed by atoms with Crippen LogP contribution in [0.3, 0.4) is 0 Å². The Kier molecular flexibility index (Phi) is 4.66. The van der Waals surface area contributed by atoms with Crippen LogP contribution in [-0.2, 0) is 0 Å². The first-order chi connectivity index (χ1) is 11.7. The van der Waals surface area contributed by atoms with Crippen LogP contribution in [0.25, 0.3) is 11.1 Å². The number of nitrogens with one attached hydrogen (secondary N) is 2. The molecule has 0 aliphatic carbocycles. The molecule has 2 aromatic carbocycles. The summed E-state index contributed by atoms with van der Waals surface area (Å²) in [5.74, 6) is 0.621. The van der Waals surface area contributed by atoms with Crippen molar-refractivity contribution >= 4 is 5.91 Å². The molecule has 1 heterocycles. The minimum absolute atomic E-state index is 0.0703. The number of carbonyl (C=O) groups excluding carboxylic acids is 1. The summed E-state index contributed by atoms with van der Waals surface area (Å²) >= 11 is 0. The van der Waals surface area contributed by atoms with E-state index in [0.29, 0.717) is 5.56 Å². The second-order valence-corrected chi connectivity index (χ2v) is 5.59. The number of aromatic amines is 1. The fourth-order valence-corrected chi connectivity index (χ4v) is 2.74. The quantitative estimate of drug-likeness (QED) is 0.741. The van der Waals surface area contributed by atoms with Crippen molar-refractivity contribution in [3.63, 3.8) is 0 Å². The summed E-state index contributed by atoms with van der Waals surface area (Å²) in [5, 5.41) is 3.05. The molecule has 0 fully saturated rings. The number of hydrogen-bond donors (Lipinski definition) is 2. The molecule has 0 spiro atoms. The van der Waals surface area contributed by atoms with E-state index in [1.807, 2.05) is 67.7 Å². The molecule has 4 nitrogen and oxygen atoms in total. The molecule has 1 unspecified atom stereocenters. The van der Waals surface area contributed by atoms with Crippen molar-refractivity contribution in [3.05, 3.63) is 78.1 Å². The Morgan fingerprint density at radius 3 is 2.46 bits per heavy atom. The first-order valence-electron chi connectivity index (χ1n) is 7.86. The van der Waals surface area contributed by atoms with Crippen molar-refractivity contribution < 1.29 is 9.53 Å². The van der Waals surface area contributed by atoms with E-state index in [0.717, 1.165) is 22.4 Å². The average Bonchev–Trinajstić information content (AvgIpc) is 3.12. The Hall–Kier alpha value is -3.01. The highest BCUT2D eigenvalue weighted by Gasteiger charge is 2.18. The van der Waals surface area contributed by atoms with E-state index in [9.17, 15) is 4.79 Å². The maximum Gasteiger partial charge on any atom is 0.253 e. The van der Waals surface area contributed by atoms with Crippen LogP contribution in [-0.4, -0.2) is 18.0 Å². The third kappa shape index (κ3) is 3.18. The van der Waals surface area contributed by atoms with Gasteiger partial charge in [0.05, 0.1) is 18.7 Å². The van der Waals surface area contributed by atoms with Gasteiger partial charge in [-0.1, -0.05) is 48.5 Å². The van der Waals surface area contributed by atoms with Gasteiger partial charge in [0.2, 0.25) is 0 Å². The Morgan fingerprint density at radius 1 is 1.00 bits per heavy atom. The van der Waals surface area contributed by atoms with Crippen LogP contribution in [0.5, 0.6) is 5.75 Å². The topological polar surface area (TPSA) is 54.1 Å². The maximum absolute atomic E-state index is 12.7. The highest BCUT2D eigenvalue weighted by atomic mass is 16.5. The molecule has 0 saturated heterocycles. The van der Waals surface area contributed by atoms with E-state index in [-0.39, 0.29) is 11.9 Å². The molecule has 1 amide bonds. The standard InChI is InChI=1S/C20H20N2O2/c1-14(15-8-4-3-5-9-15)22-20(23)18-13-21-12-17(18)16-10-6-7-11-19(16)24-2/h3-14,21H,1-2H3,(H,22,23). The van der Waals surface area contributed by atoms with Crippen molar-refractivity contribution in [1.29, 1.82) is 0 Å². The Balaban J connectivity index is 1.86. The first-order valence-corrected chi connectivity index (χ1v) is 7.86. The highest BCUT2D eigenvalue weighted by Crippen LogP contribution is 2.32. The summed E-state index contributed by atoms with van der Waals surface area (Å²) in [6, 6.07) is 17.5. The molecule has 3 rings (SSSR count). The van der Waals surface area contributed by atoms with Crippen molar-refractivity contribution in [2.24, 2.45) is 0 Å². The van der Waals surface area contributed by atoms with Gasteiger partial charge < -0.3 is 15.0 Å². The number of rotatable bonds is 5. The van der Waals surface area contributed by atoms with E-state index in [2.05, 4.69) is 10.3 Å². The molecule has 122 valence electrons. The molecule has 0 aliphatic heterocycles. The lowest BCUT2D eigenvalue weighted by atomic mass is 10.0. The number of aromatic nitrogens is 1. The number of benzene rings is 2. The summed E-state index contributed by atoms with van der Waals surface area (Å²) < 4.78 is 5.41. The summed E-state index contributed by atoms with van der Waals surface area (Å²) in [6.45, 7) is 1.97. The molecule has 1 atom stereocenters. The van der Waals surface area contributed by atoms with Crippen molar-refractivity contribution in [2.45, 2.75) is 13.0 Å². The van der Waals surface area contributed by atoms with Gasteiger partial charge in [-0.25, -0.2) is 0 Å². The minimum atomic E-state index is -0.117. The summed E-state index contributed by atoms with van der Waals surface area (Å²) in [5.41, 5.74) is 3.38. The summed E-state index contributed by atoms with van der Waals surface area (Å²) in [7, 11) is 1.63. The number of hydrogen-bond acceptors (Lipinski definition) is 2. The van der Waals surface area contributed by atoms with Crippen LogP contribution in [0.15, 0.2) is 67.0 Å². The zero-order valence-corrected chi connectivity index (χ0v) is 13.7. The van der Waals surface area contributed by atoms with Crippen LogP contribution < -0.4 is 10.1 Å². The van der Waals surface area contributed by atoms with Crippen molar-refractivity contribution in [2.75, 3.05) is 7.11 Å². The number of methoxy groups -OCH3 is 1. The molecular formula is C20H20N2O2. The fraction of sp³-hybridized carbons (Fsp3) is 0.150. The molecule has 4 heteroatoms. The molecule has 0 bridgehead atoms. The van der Waals surface area contributed by atoms with Gasteiger partial charge >= 0.3 is 0 Å². The molecule has 1 aromatic heterocycles. The average molecular weight is 320 g/mol. The van der Waals surface area contributed by atoms with Gasteiger partial charge in [0.25, 0.3) is 5.91 Å². The van der Waals surface area contributed by atoms with E-state index >= 15 is 0 Å². The molecular weight excluding hydrogens is 300 g/mol. The van der Waals surface area contributed by atoms with E-state index in [1.165, 1.54) is 0 Å². The van der Waals surface area contributed by atoms with E-state index in [4.69, 9.17) is 4.74 Å². The number of amides is 1. The van der Waals surface area contributed by atoms with Crippen molar-refractivity contribution in [1.82, 2.24) is 10.3 Å². The molecule has 2 N–H and O–H groups in total. The van der Waals surface area contributed by atoms with Gasteiger partial charge in [-0.3, -0.25) is 4.79 Å². The normalized spacial score (nSPS) is 11.8. The summed E-state index contributed by atoms with van der Waals surface area (Å²) in [6.07, 6.45) is 3.54. The fourth-order valence-electron chi connectivity index (χ4n) is 2.74. The van der Waals surface area contributed by atoms with Crippen LogP contribution in [0.4, 0.5) is 0 Å². The van der Waals surface area contributed by atoms with Gasteiger partial charge in [-0.15, -0.1) is 0 Å². The summed E-state index contributed by atoms with van der Waals surface area (Å²) in [4.78, 5) is 15.7. The number of carbonyl (C=O) groups is 1. The Bertz CT molecular complexity index is 824. The van der Waals surface area contributed by atoms with E-state index < -0.39 is 0 Å². The van der Waals surface area contributed by atoms with Crippen LogP contribution in [0.2, 0.25) is 0 Å². The predicted molar refractivity (Wildman–Crippen MR) is 95.1 cm³/mol. The first kappa shape index (κ1) is 15.9. The second-order valence-electron chi connectivity index (χ2n) is 5.59. The van der Waals surface area contributed by atoms with Gasteiger partial charge in [0.1, 0.15) is 5.75 Å². The van der Waals surface area contributed by atoms with E-state index in [1.54, 1.807) is 13.3 Å². The number of H-pyrrole nitrogens is 1. The molecule has 0 radical (unpaired) electrons. The molecule has 3 aromatic rings. The van der Waals surface area contributed by atoms with Crippen LogP contribution >= 0.6 is 0 Å². The SMILES string of the molecule is COc1ccccc1-c1c[nH]cc1C(=O)NC(C)c1ccccc1. The van der Waals surface area contributed by atoms with Crippen LogP contribution in [0.1, 0.15) is 28.9 Å². The van der Waals surface area contributed by atoms with Gasteiger partial charge in [-0.2, -0.15) is 0 Å². The van der Waals surface area contributed by atoms with Gasteiger partial charge in [-0.05, 0) is 18.6 Å². The third-order valence-corrected chi connectivity index (χ3v) is 4.03. The zero-order valence-electron chi connectivity index (χ0n) is 13.7. The molecule has 0 saturated carbocycles. The predicted octanol–water partition coefficient (Wildman–Crippen LogP) is 4.18. The highest BCUT2D eigenvalue weighted by molar-refractivity contribution is 6.01. The minimum Gasteiger partial charge on any atom is -0.496 e. The van der Waals surface area contributed by atoms with Crippen molar-refractivity contribution in [3.8, 4) is 16.9 Å². The smallest absolute Gasteiger partial charge is 0.253 e. The maximum atomic E-state index is 12.7.